The number of hydrogen-bond acceptors (Lipinski definition) is 5. The Labute approximate surface area is 154 Å². The Morgan fingerprint density at radius 3 is 2.80 bits per heavy atom. The molecular formula is C18H19N3O2S2. The highest BCUT2D eigenvalue weighted by Gasteiger charge is 2.20. The summed E-state index contributed by atoms with van der Waals surface area (Å²) in [4.78, 5) is 30.6. The van der Waals surface area contributed by atoms with Gasteiger partial charge in [0.25, 0.3) is 5.91 Å². The van der Waals surface area contributed by atoms with Crippen LogP contribution < -0.4 is 5.32 Å². The van der Waals surface area contributed by atoms with Crippen LogP contribution in [0.1, 0.15) is 34.8 Å². The summed E-state index contributed by atoms with van der Waals surface area (Å²) in [6, 6.07) is 9.62. The quantitative estimate of drug-likeness (QED) is 0.717. The maximum atomic E-state index is 12.4. The van der Waals surface area contributed by atoms with Gasteiger partial charge in [0.2, 0.25) is 5.91 Å². The topological polar surface area (TPSA) is 62.3 Å². The molecule has 0 spiro atoms. The summed E-state index contributed by atoms with van der Waals surface area (Å²) in [5, 5.41) is 7.34. The summed E-state index contributed by atoms with van der Waals surface area (Å²) in [5.74, 6) is -0.159. The molecule has 2 aromatic heterocycles. The van der Waals surface area contributed by atoms with Crippen molar-refractivity contribution in [1.29, 1.82) is 0 Å². The number of hydrogen-bond donors (Lipinski definition) is 1. The van der Waals surface area contributed by atoms with Crippen molar-refractivity contribution in [1.82, 2.24) is 15.2 Å². The average molecular weight is 374 g/mol. The molecule has 2 heterocycles. The summed E-state index contributed by atoms with van der Waals surface area (Å²) in [6.45, 7) is 2.30. The lowest BCUT2D eigenvalue weighted by atomic mass is 10.2. The Kier molecular flexibility index (Phi) is 5.45. The van der Waals surface area contributed by atoms with Crippen molar-refractivity contribution >= 4 is 44.7 Å². The third kappa shape index (κ3) is 4.05. The molecule has 2 amide bonds. The SMILES string of the molecule is C[C@H](c1nc2ccccc2s1)N(C)C(=O)CCNC(=O)c1ccsc1. The van der Waals surface area contributed by atoms with Gasteiger partial charge in [-0.2, -0.15) is 11.3 Å². The number of rotatable bonds is 6. The zero-order valence-electron chi connectivity index (χ0n) is 14.1. The number of thiazole rings is 1. The number of benzene rings is 1. The van der Waals surface area contributed by atoms with E-state index in [-0.39, 0.29) is 24.3 Å². The molecule has 0 aliphatic carbocycles. The van der Waals surface area contributed by atoms with Gasteiger partial charge in [-0.05, 0) is 30.5 Å². The lowest BCUT2D eigenvalue weighted by Crippen LogP contribution is -2.33. The summed E-state index contributed by atoms with van der Waals surface area (Å²) >= 11 is 3.08. The molecule has 0 fully saturated rings. The number of fused-ring (bicyclic) bond motifs is 1. The number of nitrogens with zero attached hydrogens (tertiary/aromatic N) is 2. The standard InChI is InChI=1S/C18H19N3O2S2/c1-12(18-20-14-5-3-4-6-15(14)25-18)21(2)16(22)7-9-19-17(23)13-8-10-24-11-13/h3-6,8,10-12H,7,9H2,1-2H3,(H,19,23)/t12-/m1/s1. The van der Waals surface area contributed by atoms with E-state index in [4.69, 9.17) is 0 Å². The van der Waals surface area contributed by atoms with Gasteiger partial charge in [0.15, 0.2) is 0 Å². The van der Waals surface area contributed by atoms with Crippen LogP contribution in [0, 0.1) is 0 Å². The van der Waals surface area contributed by atoms with E-state index in [1.807, 2.05) is 36.6 Å². The Morgan fingerprint density at radius 1 is 1.28 bits per heavy atom. The van der Waals surface area contributed by atoms with Gasteiger partial charge in [-0.3, -0.25) is 9.59 Å². The second-order valence-corrected chi connectivity index (χ2v) is 7.56. The number of para-hydroxylation sites is 1. The molecule has 0 aliphatic rings. The molecule has 1 atom stereocenters. The fraction of sp³-hybridized carbons (Fsp3) is 0.278. The molecule has 0 aliphatic heterocycles. The van der Waals surface area contributed by atoms with Crippen LogP contribution in [0.15, 0.2) is 41.1 Å². The Bertz CT molecular complexity index is 840. The molecule has 0 unspecified atom stereocenters. The fourth-order valence-corrected chi connectivity index (χ4v) is 4.10. The van der Waals surface area contributed by atoms with Gasteiger partial charge in [-0.25, -0.2) is 4.98 Å². The first kappa shape index (κ1) is 17.6. The van der Waals surface area contributed by atoms with Crippen LogP contribution in [0.25, 0.3) is 10.2 Å². The molecule has 3 aromatic rings. The van der Waals surface area contributed by atoms with E-state index in [1.54, 1.807) is 34.7 Å². The van der Waals surface area contributed by atoms with E-state index in [2.05, 4.69) is 10.3 Å². The molecule has 5 nitrogen and oxygen atoms in total. The van der Waals surface area contributed by atoms with E-state index in [0.29, 0.717) is 12.1 Å². The van der Waals surface area contributed by atoms with Crippen molar-refractivity contribution in [2.75, 3.05) is 13.6 Å². The van der Waals surface area contributed by atoms with Gasteiger partial charge in [0.05, 0.1) is 16.3 Å². The smallest absolute Gasteiger partial charge is 0.252 e. The average Bonchev–Trinajstić information content (AvgIpc) is 3.29. The maximum absolute atomic E-state index is 12.4. The van der Waals surface area contributed by atoms with Crippen LogP contribution in [0.5, 0.6) is 0 Å². The van der Waals surface area contributed by atoms with Gasteiger partial charge in [-0.15, -0.1) is 11.3 Å². The number of amides is 2. The Morgan fingerprint density at radius 2 is 2.08 bits per heavy atom. The minimum Gasteiger partial charge on any atom is -0.351 e. The second kappa shape index (κ2) is 7.76. The normalized spacial score (nSPS) is 12.1. The van der Waals surface area contributed by atoms with E-state index >= 15 is 0 Å². The minimum atomic E-state index is -0.143. The molecule has 130 valence electrons. The molecule has 0 saturated carbocycles. The highest BCUT2D eigenvalue weighted by atomic mass is 32.1. The summed E-state index contributed by atoms with van der Waals surface area (Å²) in [5.41, 5.74) is 1.59. The first-order valence-electron chi connectivity index (χ1n) is 7.98. The molecule has 1 N–H and O–H groups in total. The van der Waals surface area contributed by atoms with Crippen molar-refractivity contribution in [2.45, 2.75) is 19.4 Å². The van der Waals surface area contributed by atoms with Gasteiger partial charge >= 0.3 is 0 Å². The fourth-order valence-electron chi connectivity index (χ4n) is 2.41. The van der Waals surface area contributed by atoms with E-state index < -0.39 is 0 Å². The van der Waals surface area contributed by atoms with Crippen LogP contribution in [0.2, 0.25) is 0 Å². The van der Waals surface area contributed by atoms with Crippen LogP contribution in [-0.2, 0) is 4.79 Å². The van der Waals surface area contributed by atoms with Crippen molar-refractivity contribution < 1.29 is 9.59 Å². The molecular weight excluding hydrogens is 354 g/mol. The van der Waals surface area contributed by atoms with Crippen molar-refractivity contribution in [2.24, 2.45) is 0 Å². The number of thiophene rings is 1. The van der Waals surface area contributed by atoms with E-state index in [9.17, 15) is 9.59 Å². The van der Waals surface area contributed by atoms with Crippen molar-refractivity contribution in [3.63, 3.8) is 0 Å². The van der Waals surface area contributed by atoms with Crippen LogP contribution in [0.4, 0.5) is 0 Å². The third-order valence-corrected chi connectivity index (χ3v) is 5.94. The predicted molar refractivity (Wildman–Crippen MR) is 102 cm³/mol. The van der Waals surface area contributed by atoms with Crippen LogP contribution >= 0.6 is 22.7 Å². The lowest BCUT2D eigenvalue weighted by Gasteiger charge is -2.23. The largest absolute Gasteiger partial charge is 0.351 e. The number of carbonyl (C=O) groups excluding carboxylic acids is 2. The van der Waals surface area contributed by atoms with Crippen molar-refractivity contribution in [3.05, 3.63) is 51.7 Å². The Balaban J connectivity index is 1.55. The maximum Gasteiger partial charge on any atom is 0.252 e. The molecule has 0 bridgehead atoms. The Hall–Kier alpha value is -2.25. The first-order valence-corrected chi connectivity index (χ1v) is 9.73. The molecule has 25 heavy (non-hydrogen) atoms. The predicted octanol–water partition coefficient (Wildman–Crippen LogP) is 3.70. The zero-order valence-corrected chi connectivity index (χ0v) is 15.7. The lowest BCUT2D eigenvalue weighted by molar-refractivity contribution is -0.131. The number of nitrogens with one attached hydrogen (secondary N) is 1. The first-order chi connectivity index (χ1) is 12.1. The molecule has 7 heteroatoms. The molecule has 3 rings (SSSR count). The van der Waals surface area contributed by atoms with Crippen LogP contribution in [0.3, 0.4) is 0 Å². The van der Waals surface area contributed by atoms with Gasteiger partial charge in [0.1, 0.15) is 5.01 Å². The summed E-state index contributed by atoms with van der Waals surface area (Å²) in [7, 11) is 1.78. The van der Waals surface area contributed by atoms with E-state index in [1.165, 1.54) is 11.3 Å². The molecule has 1 aromatic carbocycles. The minimum absolute atomic E-state index is 0.0163. The molecule has 0 radical (unpaired) electrons. The zero-order chi connectivity index (χ0) is 17.8. The van der Waals surface area contributed by atoms with Crippen molar-refractivity contribution in [3.8, 4) is 0 Å². The second-order valence-electron chi connectivity index (χ2n) is 5.72. The van der Waals surface area contributed by atoms with E-state index in [0.717, 1.165) is 15.2 Å². The highest BCUT2D eigenvalue weighted by Crippen LogP contribution is 2.28. The monoisotopic (exact) mass is 373 g/mol. The van der Waals surface area contributed by atoms with Crippen LogP contribution in [-0.4, -0.2) is 35.3 Å². The van der Waals surface area contributed by atoms with Gasteiger partial charge in [-0.1, -0.05) is 12.1 Å². The number of carbonyl (C=O) groups is 2. The van der Waals surface area contributed by atoms with Gasteiger partial charge < -0.3 is 10.2 Å². The summed E-state index contributed by atoms with van der Waals surface area (Å²) < 4.78 is 1.12. The summed E-state index contributed by atoms with van der Waals surface area (Å²) in [6.07, 6.45) is 0.265. The molecule has 0 saturated heterocycles. The number of aromatic nitrogens is 1. The third-order valence-electron chi connectivity index (χ3n) is 4.05. The highest BCUT2D eigenvalue weighted by molar-refractivity contribution is 7.18. The van der Waals surface area contributed by atoms with Gasteiger partial charge in [0, 0.05) is 31.0 Å².